The average molecular weight is 222 g/mol. The van der Waals surface area contributed by atoms with Crippen LogP contribution in [0.3, 0.4) is 0 Å². The van der Waals surface area contributed by atoms with Crippen molar-refractivity contribution >= 4 is 5.78 Å². The average Bonchev–Trinajstić information content (AvgIpc) is 2.87. The summed E-state index contributed by atoms with van der Waals surface area (Å²) in [6, 6.07) is 4.05. The number of ketones is 1. The number of rotatable bonds is 4. The first-order valence-electron chi connectivity index (χ1n) is 5.62. The van der Waals surface area contributed by atoms with Crippen molar-refractivity contribution < 1.29 is 9.21 Å². The second-order valence-corrected chi connectivity index (χ2v) is 4.54. The van der Waals surface area contributed by atoms with Gasteiger partial charge in [-0.25, -0.2) is 0 Å². The van der Waals surface area contributed by atoms with Crippen molar-refractivity contribution in [1.82, 2.24) is 9.80 Å². The maximum absolute atomic E-state index is 11.8. The molecular weight excluding hydrogens is 204 g/mol. The molecule has 4 nitrogen and oxygen atoms in total. The summed E-state index contributed by atoms with van der Waals surface area (Å²) in [5.74, 6) is 0.540. The van der Waals surface area contributed by atoms with Crippen LogP contribution in [0.2, 0.25) is 0 Å². The summed E-state index contributed by atoms with van der Waals surface area (Å²) in [5, 5.41) is 0. The SMILES string of the molecule is CN(C)C1CCN(CC(=O)c2ccco2)C1. The van der Waals surface area contributed by atoms with E-state index in [4.69, 9.17) is 4.42 Å². The van der Waals surface area contributed by atoms with Crippen LogP contribution in [0.4, 0.5) is 0 Å². The van der Waals surface area contributed by atoms with E-state index in [0.717, 1.165) is 19.5 Å². The lowest BCUT2D eigenvalue weighted by atomic mass is 10.2. The summed E-state index contributed by atoms with van der Waals surface area (Å²) in [7, 11) is 4.17. The fourth-order valence-electron chi connectivity index (χ4n) is 2.10. The smallest absolute Gasteiger partial charge is 0.211 e. The molecule has 2 heterocycles. The Hall–Kier alpha value is -1.13. The summed E-state index contributed by atoms with van der Waals surface area (Å²) in [6.07, 6.45) is 2.68. The van der Waals surface area contributed by atoms with Crippen molar-refractivity contribution in [3.63, 3.8) is 0 Å². The maximum Gasteiger partial charge on any atom is 0.211 e. The van der Waals surface area contributed by atoms with Crippen LogP contribution in [0, 0.1) is 0 Å². The van der Waals surface area contributed by atoms with Gasteiger partial charge in [-0.2, -0.15) is 0 Å². The number of hydrogen-bond donors (Lipinski definition) is 0. The van der Waals surface area contributed by atoms with Gasteiger partial charge in [-0.1, -0.05) is 0 Å². The predicted octanol–water partition coefficient (Wildman–Crippen LogP) is 1.10. The van der Waals surface area contributed by atoms with E-state index in [1.54, 1.807) is 18.4 Å². The van der Waals surface area contributed by atoms with E-state index in [0.29, 0.717) is 18.3 Å². The third-order valence-corrected chi connectivity index (χ3v) is 3.14. The van der Waals surface area contributed by atoms with Crippen LogP contribution in [0.1, 0.15) is 17.0 Å². The molecule has 88 valence electrons. The number of carbonyl (C=O) groups excluding carboxylic acids is 1. The highest BCUT2D eigenvalue weighted by Crippen LogP contribution is 2.14. The van der Waals surface area contributed by atoms with Crippen LogP contribution < -0.4 is 0 Å². The molecule has 1 aromatic heterocycles. The topological polar surface area (TPSA) is 36.7 Å². The minimum Gasteiger partial charge on any atom is -0.461 e. The first-order valence-corrected chi connectivity index (χ1v) is 5.62. The van der Waals surface area contributed by atoms with E-state index in [9.17, 15) is 4.79 Å². The molecule has 4 heteroatoms. The lowest BCUT2D eigenvalue weighted by molar-refractivity contribution is 0.0914. The monoisotopic (exact) mass is 222 g/mol. The summed E-state index contributed by atoms with van der Waals surface area (Å²) in [4.78, 5) is 16.2. The first-order chi connectivity index (χ1) is 7.66. The zero-order chi connectivity index (χ0) is 11.5. The van der Waals surface area contributed by atoms with Crippen molar-refractivity contribution in [2.45, 2.75) is 12.5 Å². The largest absolute Gasteiger partial charge is 0.461 e. The molecule has 1 fully saturated rings. The Bertz CT molecular complexity index is 346. The van der Waals surface area contributed by atoms with Crippen molar-refractivity contribution in [3.8, 4) is 0 Å². The molecule has 0 aliphatic carbocycles. The van der Waals surface area contributed by atoms with Gasteiger partial charge in [-0.15, -0.1) is 0 Å². The van der Waals surface area contributed by atoms with Crippen molar-refractivity contribution in [1.29, 1.82) is 0 Å². The summed E-state index contributed by atoms with van der Waals surface area (Å²) in [5.41, 5.74) is 0. The zero-order valence-electron chi connectivity index (χ0n) is 9.85. The molecule has 1 saturated heterocycles. The van der Waals surface area contributed by atoms with Crippen molar-refractivity contribution in [2.75, 3.05) is 33.7 Å². The molecule has 0 amide bonds. The molecule has 2 rings (SSSR count). The standard InChI is InChI=1S/C12H18N2O2/c1-13(2)10-5-6-14(8-10)9-11(15)12-4-3-7-16-12/h3-4,7,10H,5-6,8-9H2,1-2H3. The van der Waals surface area contributed by atoms with Gasteiger partial charge in [-0.3, -0.25) is 9.69 Å². The molecule has 0 radical (unpaired) electrons. The van der Waals surface area contributed by atoms with Crippen LogP contribution in [0.5, 0.6) is 0 Å². The Balaban J connectivity index is 1.86. The number of likely N-dealkylation sites (N-methyl/N-ethyl adjacent to an activating group) is 1. The molecule has 0 spiro atoms. The molecule has 1 atom stereocenters. The van der Waals surface area contributed by atoms with Crippen LogP contribution in [-0.4, -0.2) is 55.4 Å². The molecule has 1 unspecified atom stereocenters. The Morgan fingerprint density at radius 1 is 1.62 bits per heavy atom. The maximum atomic E-state index is 11.8. The minimum atomic E-state index is 0.0735. The van der Waals surface area contributed by atoms with Crippen molar-refractivity contribution in [2.24, 2.45) is 0 Å². The molecule has 16 heavy (non-hydrogen) atoms. The quantitative estimate of drug-likeness (QED) is 0.715. The highest BCUT2D eigenvalue weighted by Gasteiger charge is 2.25. The van der Waals surface area contributed by atoms with Gasteiger partial charge in [0, 0.05) is 19.1 Å². The number of nitrogens with zero attached hydrogens (tertiary/aromatic N) is 2. The van der Waals surface area contributed by atoms with E-state index in [-0.39, 0.29) is 5.78 Å². The van der Waals surface area contributed by atoms with Gasteiger partial charge in [0.15, 0.2) is 5.76 Å². The predicted molar refractivity (Wildman–Crippen MR) is 61.6 cm³/mol. The van der Waals surface area contributed by atoms with Crippen molar-refractivity contribution in [3.05, 3.63) is 24.2 Å². The van der Waals surface area contributed by atoms with Gasteiger partial charge in [-0.05, 0) is 32.6 Å². The van der Waals surface area contributed by atoms with E-state index < -0.39 is 0 Å². The minimum absolute atomic E-state index is 0.0735. The Labute approximate surface area is 95.8 Å². The molecule has 0 saturated carbocycles. The Kier molecular flexibility index (Phi) is 3.41. The molecule has 1 aliphatic heterocycles. The first kappa shape index (κ1) is 11.4. The summed E-state index contributed by atoms with van der Waals surface area (Å²) < 4.78 is 5.09. The highest BCUT2D eigenvalue weighted by atomic mass is 16.3. The Morgan fingerprint density at radius 3 is 3.00 bits per heavy atom. The molecule has 1 aromatic rings. The zero-order valence-corrected chi connectivity index (χ0v) is 9.85. The van der Waals surface area contributed by atoms with Gasteiger partial charge in [0.25, 0.3) is 0 Å². The molecular formula is C12H18N2O2. The second-order valence-electron chi connectivity index (χ2n) is 4.54. The molecule has 0 N–H and O–H groups in total. The number of Topliss-reactive ketones (excluding diaryl/α,β-unsaturated/α-hetero) is 1. The number of likely N-dealkylation sites (tertiary alicyclic amines) is 1. The normalized spacial score (nSPS) is 21.8. The fraction of sp³-hybridized carbons (Fsp3) is 0.583. The molecule has 0 aromatic carbocycles. The van der Waals surface area contributed by atoms with Crippen LogP contribution in [-0.2, 0) is 0 Å². The van der Waals surface area contributed by atoms with E-state index >= 15 is 0 Å². The molecule has 1 aliphatic rings. The van der Waals surface area contributed by atoms with Gasteiger partial charge in [0.05, 0.1) is 12.8 Å². The summed E-state index contributed by atoms with van der Waals surface area (Å²) in [6.45, 7) is 2.44. The van der Waals surface area contributed by atoms with Crippen LogP contribution in [0.25, 0.3) is 0 Å². The lowest BCUT2D eigenvalue weighted by Crippen LogP contribution is -2.33. The summed E-state index contributed by atoms with van der Waals surface area (Å²) >= 11 is 0. The van der Waals surface area contributed by atoms with Gasteiger partial charge < -0.3 is 9.32 Å². The van der Waals surface area contributed by atoms with Gasteiger partial charge in [0.2, 0.25) is 5.78 Å². The van der Waals surface area contributed by atoms with Gasteiger partial charge in [0.1, 0.15) is 0 Å². The van der Waals surface area contributed by atoms with E-state index in [1.165, 1.54) is 0 Å². The third-order valence-electron chi connectivity index (χ3n) is 3.14. The Morgan fingerprint density at radius 2 is 2.44 bits per heavy atom. The van der Waals surface area contributed by atoms with Crippen LogP contribution in [0.15, 0.2) is 22.8 Å². The van der Waals surface area contributed by atoms with Gasteiger partial charge >= 0.3 is 0 Å². The van der Waals surface area contributed by atoms with E-state index in [2.05, 4.69) is 23.9 Å². The second kappa shape index (κ2) is 4.80. The highest BCUT2D eigenvalue weighted by molar-refractivity contribution is 5.95. The van der Waals surface area contributed by atoms with Crippen LogP contribution >= 0.6 is 0 Å². The molecule has 0 bridgehead atoms. The third kappa shape index (κ3) is 2.51. The van der Waals surface area contributed by atoms with E-state index in [1.807, 2.05) is 0 Å². The number of carbonyl (C=O) groups is 1. The lowest BCUT2D eigenvalue weighted by Gasteiger charge is -2.19. The fourth-order valence-corrected chi connectivity index (χ4v) is 2.10. The number of furan rings is 1. The number of hydrogen-bond acceptors (Lipinski definition) is 4.